The molecule has 3 aromatic heterocycles. The van der Waals surface area contributed by atoms with E-state index in [0.717, 1.165) is 20.7 Å². The maximum Gasteiger partial charge on any atom is 0.273 e. The molecule has 180 valence electrons. The van der Waals surface area contributed by atoms with E-state index in [9.17, 15) is 13.2 Å². The Kier molecular flexibility index (Phi) is 5.44. The first-order valence-electron chi connectivity index (χ1n) is 11.5. The van der Waals surface area contributed by atoms with Crippen LogP contribution in [-0.2, 0) is 17.1 Å². The zero-order chi connectivity index (χ0) is 25.0. The molecule has 0 radical (unpaired) electrons. The number of fused-ring (bicyclic) bond motifs is 1. The predicted molar refractivity (Wildman–Crippen MR) is 138 cm³/mol. The first-order chi connectivity index (χ1) is 16.6. The topological polar surface area (TPSA) is 89.8 Å². The molecule has 1 aliphatic rings. The van der Waals surface area contributed by atoms with Crippen molar-refractivity contribution in [2.45, 2.75) is 37.4 Å². The summed E-state index contributed by atoms with van der Waals surface area (Å²) in [7, 11) is -2.26. The van der Waals surface area contributed by atoms with Crippen LogP contribution >= 0.6 is 0 Å². The molecule has 3 unspecified atom stereocenters. The number of aromatic amines is 1. The zero-order valence-corrected chi connectivity index (χ0v) is 21.0. The Bertz CT molecular complexity index is 1640. The quantitative estimate of drug-likeness (QED) is 0.449. The lowest BCUT2D eigenvalue weighted by Crippen LogP contribution is -2.47. The van der Waals surface area contributed by atoms with Crippen LogP contribution in [0.4, 0.5) is 0 Å². The van der Waals surface area contributed by atoms with E-state index in [4.69, 9.17) is 0 Å². The van der Waals surface area contributed by atoms with Crippen molar-refractivity contribution >= 4 is 20.9 Å². The number of allylic oxidation sites excluding steroid dienone is 3. The van der Waals surface area contributed by atoms with Gasteiger partial charge in [-0.1, -0.05) is 49.4 Å². The van der Waals surface area contributed by atoms with Crippen molar-refractivity contribution in [3.8, 4) is 0 Å². The van der Waals surface area contributed by atoms with Crippen molar-refractivity contribution < 1.29 is 8.42 Å². The second-order valence-corrected chi connectivity index (χ2v) is 11.6. The number of aromatic nitrogens is 4. The Morgan fingerprint density at radius 3 is 2.57 bits per heavy atom. The van der Waals surface area contributed by atoms with Crippen LogP contribution in [0.1, 0.15) is 43.7 Å². The summed E-state index contributed by atoms with van der Waals surface area (Å²) < 4.78 is 30.3. The van der Waals surface area contributed by atoms with E-state index in [1.807, 2.05) is 44.4 Å². The summed E-state index contributed by atoms with van der Waals surface area (Å²) in [6.07, 6.45) is 10.6. The lowest BCUT2D eigenvalue weighted by molar-refractivity contribution is 0.522. The molecule has 0 saturated carbocycles. The van der Waals surface area contributed by atoms with Crippen molar-refractivity contribution in [2.75, 3.05) is 0 Å². The fourth-order valence-corrected chi connectivity index (χ4v) is 7.14. The van der Waals surface area contributed by atoms with E-state index < -0.39 is 26.2 Å². The molecule has 5 rings (SSSR count). The summed E-state index contributed by atoms with van der Waals surface area (Å²) in [4.78, 5) is 15.3. The van der Waals surface area contributed by atoms with Gasteiger partial charge in [0.15, 0.2) is 0 Å². The minimum Gasteiger partial charge on any atom is -0.327 e. The van der Waals surface area contributed by atoms with Gasteiger partial charge in [-0.15, -0.1) is 0 Å². The third-order valence-electron chi connectivity index (χ3n) is 7.37. The number of nitrogens with one attached hydrogen (secondary N) is 1. The largest absolute Gasteiger partial charge is 0.327 e. The summed E-state index contributed by atoms with van der Waals surface area (Å²) in [5.74, 6) is -0.430. The number of aryl methyl sites for hydroxylation is 1. The molecule has 35 heavy (non-hydrogen) atoms. The first kappa shape index (κ1) is 23.1. The van der Waals surface area contributed by atoms with E-state index in [0.29, 0.717) is 11.0 Å². The van der Waals surface area contributed by atoms with Gasteiger partial charge in [-0.2, -0.15) is 5.10 Å². The van der Waals surface area contributed by atoms with E-state index >= 15 is 0 Å². The van der Waals surface area contributed by atoms with E-state index in [2.05, 4.69) is 35.2 Å². The molecule has 3 atom stereocenters. The lowest BCUT2D eigenvalue weighted by Gasteiger charge is -2.40. The van der Waals surface area contributed by atoms with Gasteiger partial charge in [0.1, 0.15) is 10.3 Å². The summed E-state index contributed by atoms with van der Waals surface area (Å²) >= 11 is 0. The van der Waals surface area contributed by atoms with Gasteiger partial charge in [0, 0.05) is 42.9 Å². The molecule has 4 aromatic rings. The molecule has 0 saturated heterocycles. The SMILES string of the molecule is CC1=CC(C(C)c2ccccc2)=CC(c2cnn(C)c2)C1(C)S(=O)(=O)n1ccc2cc[nH]c(=O)c21. The van der Waals surface area contributed by atoms with E-state index in [1.165, 1.54) is 12.4 Å². The lowest BCUT2D eigenvalue weighted by atomic mass is 9.75. The normalized spacial score (nSPS) is 21.5. The molecule has 0 spiro atoms. The molecule has 1 N–H and O–H groups in total. The van der Waals surface area contributed by atoms with Gasteiger partial charge in [0.2, 0.25) is 10.0 Å². The highest BCUT2D eigenvalue weighted by Crippen LogP contribution is 2.48. The van der Waals surface area contributed by atoms with Crippen LogP contribution < -0.4 is 5.56 Å². The average Bonchev–Trinajstić information content (AvgIpc) is 3.48. The number of nitrogens with zero attached hydrogens (tertiary/aromatic N) is 3. The summed E-state index contributed by atoms with van der Waals surface area (Å²) in [6.45, 7) is 5.73. The number of hydrogen-bond donors (Lipinski definition) is 1. The summed E-state index contributed by atoms with van der Waals surface area (Å²) in [6, 6.07) is 13.5. The second kappa shape index (κ2) is 8.23. The average molecular weight is 489 g/mol. The van der Waals surface area contributed by atoms with Crippen LogP contribution in [0.3, 0.4) is 0 Å². The molecule has 8 heteroatoms. The summed E-state index contributed by atoms with van der Waals surface area (Å²) in [5.41, 5.74) is 3.39. The number of rotatable bonds is 5. The number of pyridine rings is 1. The third-order valence-corrected chi connectivity index (χ3v) is 9.84. The van der Waals surface area contributed by atoms with Gasteiger partial charge < -0.3 is 4.98 Å². The molecule has 0 fully saturated rings. The number of H-pyrrole nitrogens is 1. The Morgan fingerprint density at radius 1 is 1.14 bits per heavy atom. The Morgan fingerprint density at radius 2 is 1.89 bits per heavy atom. The molecule has 3 heterocycles. The highest BCUT2D eigenvalue weighted by molar-refractivity contribution is 7.91. The highest BCUT2D eigenvalue weighted by Gasteiger charge is 2.51. The van der Waals surface area contributed by atoms with E-state index in [-0.39, 0.29) is 11.4 Å². The van der Waals surface area contributed by atoms with Crippen molar-refractivity contribution in [3.63, 3.8) is 0 Å². The maximum absolute atomic E-state index is 14.4. The van der Waals surface area contributed by atoms with Gasteiger partial charge in [-0.3, -0.25) is 9.48 Å². The molecular weight excluding hydrogens is 460 g/mol. The fraction of sp³-hybridized carbons (Fsp3) is 0.259. The monoisotopic (exact) mass is 488 g/mol. The van der Waals surface area contributed by atoms with Crippen molar-refractivity contribution in [3.05, 3.63) is 112 Å². The van der Waals surface area contributed by atoms with Crippen molar-refractivity contribution in [2.24, 2.45) is 7.05 Å². The Hall–Kier alpha value is -3.65. The van der Waals surface area contributed by atoms with Crippen LogP contribution in [0.2, 0.25) is 0 Å². The first-order valence-corrected chi connectivity index (χ1v) is 13.0. The molecule has 0 aliphatic heterocycles. The highest BCUT2D eigenvalue weighted by atomic mass is 32.2. The number of benzene rings is 1. The molecule has 7 nitrogen and oxygen atoms in total. The van der Waals surface area contributed by atoms with Gasteiger partial charge >= 0.3 is 0 Å². The molecule has 1 aliphatic carbocycles. The Balaban J connectivity index is 1.72. The van der Waals surface area contributed by atoms with E-state index in [1.54, 1.807) is 29.9 Å². The van der Waals surface area contributed by atoms with Crippen LogP contribution in [0.15, 0.2) is 95.3 Å². The molecule has 0 amide bonds. The third kappa shape index (κ3) is 3.51. The smallest absolute Gasteiger partial charge is 0.273 e. The van der Waals surface area contributed by atoms with Crippen LogP contribution in [0.5, 0.6) is 0 Å². The molecule has 1 aromatic carbocycles. The van der Waals surface area contributed by atoms with Gasteiger partial charge in [0.25, 0.3) is 5.56 Å². The minimum atomic E-state index is -4.07. The van der Waals surface area contributed by atoms with Crippen LogP contribution in [-0.4, -0.2) is 31.9 Å². The maximum atomic E-state index is 14.4. The van der Waals surface area contributed by atoms with Crippen molar-refractivity contribution in [1.82, 2.24) is 18.7 Å². The zero-order valence-electron chi connectivity index (χ0n) is 20.1. The van der Waals surface area contributed by atoms with Gasteiger partial charge in [-0.25, -0.2) is 12.4 Å². The summed E-state index contributed by atoms with van der Waals surface area (Å²) in [5, 5.41) is 4.90. The second-order valence-electron chi connectivity index (χ2n) is 9.39. The van der Waals surface area contributed by atoms with Crippen LogP contribution in [0, 0.1) is 0 Å². The predicted octanol–water partition coefficient (Wildman–Crippen LogP) is 4.47. The fourth-order valence-electron chi connectivity index (χ4n) is 5.10. The van der Waals surface area contributed by atoms with Crippen LogP contribution in [0.25, 0.3) is 10.9 Å². The number of hydrogen-bond acceptors (Lipinski definition) is 4. The van der Waals surface area contributed by atoms with Crippen molar-refractivity contribution in [1.29, 1.82) is 0 Å². The molecule has 0 bridgehead atoms. The standard InChI is InChI=1S/C27H28N4O3S/c1-18-14-22(19(2)20-8-6-5-7-9-20)15-24(23-16-29-30(4)17-23)27(18,3)35(33,34)31-13-11-21-10-12-28-26(32)25(21)31/h5-17,19,24H,1-4H3,(H,28,32). The van der Waals surface area contributed by atoms with Gasteiger partial charge in [0.05, 0.1) is 6.20 Å². The molecular formula is C27H28N4O3S. The minimum absolute atomic E-state index is 0.0767. The Labute approximate surface area is 204 Å². The van der Waals surface area contributed by atoms with Gasteiger partial charge in [-0.05, 0) is 48.3 Å².